The molecule has 0 amide bonds. The average Bonchev–Trinajstić information content (AvgIpc) is 2.19. The first-order valence-electron chi connectivity index (χ1n) is 5.01. The molecule has 74 valence electrons. The smallest absolute Gasteiger partial charge is 0.0660 e. The van der Waals surface area contributed by atoms with Crippen LogP contribution in [0.5, 0.6) is 0 Å². The van der Waals surface area contributed by atoms with Crippen molar-refractivity contribution in [3.05, 3.63) is 0 Å². The highest BCUT2D eigenvalue weighted by Crippen LogP contribution is 2.20. The van der Waals surface area contributed by atoms with Crippen LogP contribution in [0.2, 0.25) is 0 Å². The van der Waals surface area contributed by atoms with Crippen LogP contribution in [0.4, 0.5) is 0 Å². The Morgan fingerprint density at radius 2 is 2.00 bits per heavy atom. The van der Waals surface area contributed by atoms with Gasteiger partial charge in [-0.25, -0.2) is 0 Å². The molecule has 0 bridgehead atoms. The molecular weight excluding hydrogens is 162 g/mol. The van der Waals surface area contributed by atoms with Gasteiger partial charge in [0.25, 0.3) is 0 Å². The number of terminal acetylenes is 1. The molecule has 1 fully saturated rings. The Balaban J connectivity index is 2.22. The average molecular weight is 181 g/mol. The van der Waals surface area contributed by atoms with Gasteiger partial charge in [0.2, 0.25) is 0 Å². The molecule has 1 aliphatic rings. The molecule has 1 rings (SSSR count). The zero-order valence-corrected chi connectivity index (χ0v) is 8.55. The Labute approximate surface area is 81.0 Å². The molecule has 0 aromatic carbocycles. The number of nitrogens with one attached hydrogen (secondary N) is 1. The van der Waals surface area contributed by atoms with Crippen molar-refractivity contribution < 1.29 is 4.74 Å². The Bertz CT molecular complexity index is 177. The summed E-state index contributed by atoms with van der Waals surface area (Å²) in [6.07, 6.45) is 10.5. The van der Waals surface area contributed by atoms with Crippen molar-refractivity contribution in [3.63, 3.8) is 0 Å². The van der Waals surface area contributed by atoms with Crippen LogP contribution in [-0.4, -0.2) is 25.3 Å². The van der Waals surface area contributed by atoms with Crippen molar-refractivity contribution in [2.24, 2.45) is 0 Å². The van der Waals surface area contributed by atoms with Crippen LogP contribution in [0.1, 0.15) is 32.6 Å². The van der Waals surface area contributed by atoms with Gasteiger partial charge in [0.1, 0.15) is 0 Å². The van der Waals surface area contributed by atoms with Crippen LogP contribution in [0.3, 0.4) is 0 Å². The molecule has 2 nitrogen and oxygen atoms in total. The minimum Gasteiger partial charge on any atom is -0.381 e. The minimum absolute atomic E-state index is 0.198. The van der Waals surface area contributed by atoms with Gasteiger partial charge in [0.15, 0.2) is 0 Å². The Morgan fingerprint density at radius 3 is 2.46 bits per heavy atom. The van der Waals surface area contributed by atoms with Crippen molar-refractivity contribution in [2.45, 2.75) is 50.8 Å². The van der Waals surface area contributed by atoms with Crippen molar-refractivity contribution in [3.8, 4) is 12.3 Å². The summed E-state index contributed by atoms with van der Waals surface area (Å²) in [5.74, 6) is 2.70. The number of hydrogen-bond acceptors (Lipinski definition) is 2. The predicted molar refractivity (Wildman–Crippen MR) is 54.5 cm³/mol. The number of hydrogen-bond donors (Lipinski definition) is 1. The first kappa shape index (κ1) is 10.6. The van der Waals surface area contributed by atoms with Crippen LogP contribution in [0.15, 0.2) is 0 Å². The lowest BCUT2D eigenvalue weighted by molar-refractivity contribution is 0.0621. The second-order valence-electron chi connectivity index (χ2n) is 3.76. The highest BCUT2D eigenvalue weighted by Gasteiger charge is 2.20. The van der Waals surface area contributed by atoms with E-state index in [1.165, 1.54) is 12.8 Å². The molecule has 0 saturated heterocycles. The van der Waals surface area contributed by atoms with E-state index in [9.17, 15) is 0 Å². The monoisotopic (exact) mass is 181 g/mol. The van der Waals surface area contributed by atoms with E-state index in [0.29, 0.717) is 12.1 Å². The third-order valence-electron chi connectivity index (χ3n) is 2.74. The second-order valence-corrected chi connectivity index (χ2v) is 3.76. The van der Waals surface area contributed by atoms with E-state index in [1.54, 1.807) is 7.11 Å². The largest absolute Gasteiger partial charge is 0.381 e. The summed E-state index contributed by atoms with van der Waals surface area (Å²) >= 11 is 0. The fourth-order valence-electron chi connectivity index (χ4n) is 1.87. The van der Waals surface area contributed by atoms with Gasteiger partial charge in [0, 0.05) is 13.2 Å². The zero-order valence-electron chi connectivity index (χ0n) is 8.55. The molecule has 0 aromatic heterocycles. The van der Waals surface area contributed by atoms with Gasteiger partial charge in [-0.15, -0.1) is 6.42 Å². The van der Waals surface area contributed by atoms with Crippen molar-refractivity contribution in [1.29, 1.82) is 0 Å². The summed E-state index contributed by atoms with van der Waals surface area (Å²) in [5, 5.41) is 3.42. The van der Waals surface area contributed by atoms with E-state index in [2.05, 4.69) is 11.2 Å². The first-order chi connectivity index (χ1) is 6.26. The highest BCUT2D eigenvalue weighted by atomic mass is 16.5. The molecule has 1 N–H and O–H groups in total. The number of methoxy groups -OCH3 is 1. The SMILES string of the molecule is C#CC(C)NC1CCC(OC)CC1. The maximum Gasteiger partial charge on any atom is 0.0660 e. The fourth-order valence-corrected chi connectivity index (χ4v) is 1.87. The fraction of sp³-hybridized carbons (Fsp3) is 0.818. The van der Waals surface area contributed by atoms with E-state index in [-0.39, 0.29) is 6.04 Å². The molecular formula is C11H19NO. The Hall–Kier alpha value is -0.520. The highest BCUT2D eigenvalue weighted by molar-refractivity contribution is 4.97. The molecule has 13 heavy (non-hydrogen) atoms. The third-order valence-corrected chi connectivity index (χ3v) is 2.74. The van der Waals surface area contributed by atoms with E-state index in [1.807, 2.05) is 6.92 Å². The third kappa shape index (κ3) is 3.38. The Kier molecular flexibility index (Phi) is 4.27. The van der Waals surface area contributed by atoms with Crippen molar-refractivity contribution in [2.75, 3.05) is 7.11 Å². The van der Waals surface area contributed by atoms with Gasteiger partial charge in [-0.2, -0.15) is 0 Å². The summed E-state index contributed by atoms with van der Waals surface area (Å²) < 4.78 is 5.30. The van der Waals surface area contributed by atoms with Gasteiger partial charge in [-0.1, -0.05) is 5.92 Å². The van der Waals surface area contributed by atoms with Crippen LogP contribution >= 0.6 is 0 Å². The lowest BCUT2D eigenvalue weighted by Crippen LogP contribution is -2.39. The quantitative estimate of drug-likeness (QED) is 0.667. The van der Waals surface area contributed by atoms with Crippen molar-refractivity contribution in [1.82, 2.24) is 5.32 Å². The van der Waals surface area contributed by atoms with Crippen LogP contribution in [0.25, 0.3) is 0 Å². The normalized spacial score (nSPS) is 30.8. The zero-order chi connectivity index (χ0) is 9.68. The van der Waals surface area contributed by atoms with Gasteiger partial charge in [-0.3, -0.25) is 0 Å². The second kappa shape index (κ2) is 5.26. The molecule has 1 aliphatic carbocycles. The molecule has 0 spiro atoms. The first-order valence-corrected chi connectivity index (χ1v) is 5.01. The summed E-state index contributed by atoms with van der Waals surface area (Å²) in [4.78, 5) is 0. The molecule has 1 unspecified atom stereocenters. The number of ether oxygens (including phenoxy) is 1. The molecule has 2 heteroatoms. The van der Waals surface area contributed by atoms with E-state index in [4.69, 9.17) is 11.2 Å². The number of rotatable bonds is 3. The van der Waals surface area contributed by atoms with Crippen molar-refractivity contribution >= 4 is 0 Å². The maximum absolute atomic E-state index is 5.31. The summed E-state index contributed by atoms with van der Waals surface area (Å²) in [6.45, 7) is 2.03. The molecule has 1 atom stereocenters. The van der Waals surface area contributed by atoms with Crippen LogP contribution in [0, 0.1) is 12.3 Å². The summed E-state index contributed by atoms with van der Waals surface area (Å²) in [7, 11) is 1.79. The Morgan fingerprint density at radius 1 is 1.38 bits per heavy atom. The summed E-state index contributed by atoms with van der Waals surface area (Å²) in [5.41, 5.74) is 0. The molecule has 0 aliphatic heterocycles. The maximum atomic E-state index is 5.31. The summed E-state index contributed by atoms with van der Waals surface area (Å²) in [6, 6.07) is 0.793. The lowest BCUT2D eigenvalue weighted by Gasteiger charge is -2.29. The topological polar surface area (TPSA) is 21.3 Å². The van der Waals surface area contributed by atoms with Gasteiger partial charge in [-0.05, 0) is 32.6 Å². The molecule has 0 aromatic rings. The van der Waals surface area contributed by atoms with Gasteiger partial charge in [0.05, 0.1) is 12.1 Å². The van der Waals surface area contributed by atoms with Crippen LogP contribution < -0.4 is 5.32 Å². The standard InChI is InChI=1S/C11H19NO/c1-4-9(2)12-10-5-7-11(13-3)8-6-10/h1,9-12H,5-8H2,2-3H3. The predicted octanol–water partition coefficient (Wildman–Crippen LogP) is 1.56. The molecule has 0 radical (unpaired) electrons. The van der Waals surface area contributed by atoms with Gasteiger partial charge >= 0.3 is 0 Å². The van der Waals surface area contributed by atoms with E-state index >= 15 is 0 Å². The minimum atomic E-state index is 0.198. The van der Waals surface area contributed by atoms with E-state index in [0.717, 1.165) is 12.8 Å². The lowest BCUT2D eigenvalue weighted by atomic mass is 9.92. The van der Waals surface area contributed by atoms with Crippen LogP contribution in [-0.2, 0) is 4.74 Å². The molecule has 1 saturated carbocycles. The van der Waals surface area contributed by atoms with Gasteiger partial charge < -0.3 is 10.1 Å². The molecule has 0 heterocycles. The van der Waals surface area contributed by atoms with E-state index < -0.39 is 0 Å².